The molecule has 1 atom stereocenters. The van der Waals surface area contributed by atoms with Crippen LogP contribution in [0.25, 0.3) is 0 Å². The third-order valence-electron chi connectivity index (χ3n) is 3.31. The highest BCUT2D eigenvalue weighted by Crippen LogP contribution is 2.19. The zero-order valence-electron chi connectivity index (χ0n) is 12.3. The second kappa shape index (κ2) is 7.81. The van der Waals surface area contributed by atoms with Crippen LogP contribution in [0.2, 0.25) is 0 Å². The van der Waals surface area contributed by atoms with Crippen LogP contribution < -0.4 is 5.73 Å². The normalized spacial score (nSPS) is 18.1. The largest absolute Gasteiger partial charge is 0.384 e. The van der Waals surface area contributed by atoms with E-state index in [2.05, 4.69) is 28.7 Å². The molecule has 2 N–H and O–H groups in total. The molecule has 1 aromatic heterocycles. The molecule has 0 bridgehead atoms. The molecule has 2 heterocycles. The number of hydrogen-bond donors (Lipinski definition) is 1. The summed E-state index contributed by atoms with van der Waals surface area (Å²) in [6, 6.07) is 1.85. The van der Waals surface area contributed by atoms with E-state index < -0.39 is 0 Å². The van der Waals surface area contributed by atoms with E-state index in [1.54, 1.807) is 11.8 Å². The Morgan fingerprint density at radius 3 is 2.85 bits per heavy atom. The van der Waals surface area contributed by atoms with Gasteiger partial charge in [0, 0.05) is 37.1 Å². The standard InChI is InChI=1S/C14H24N4OS/c1-3-12-8-13(15)17-14(16-12)20-10-11(2)9-18-4-6-19-7-5-18/h8,11H,3-7,9-10H2,1-2H3,(H2,15,16,17). The number of anilines is 1. The van der Waals surface area contributed by atoms with Gasteiger partial charge < -0.3 is 10.5 Å². The van der Waals surface area contributed by atoms with Crippen molar-refractivity contribution in [2.24, 2.45) is 5.92 Å². The molecule has 112 valence electrons. The molecule has 0 amide bonds. The van der Waals surface area contributed by atoms with E-state index >= 15 is 0 Å². The van der Waals surface area contributed by atoms with Crippen LogP contribution in [0.1, 0.15) is 19.5 Å². The van der Waals surface area contributed by atoms with E-state index in [0.717, 1.165) is 55.9 Å². The van der Waals surface area contributed by atoms with Gasteiger partial charge in [0.25, 0.3) is 0 Å². The summed E-state index contributed by atoms with van der Waals surface area (Å²) < 4.78 is 5.37. The van der Waals surface area contributed by atoms with Gasteiger partial charge in [-0.1, -0.05) is 25.6 Å². The second-order valence-corrected chi connectivity index (χ2v) is 6.24. The van der Waals surface area contributed by atoms with E-state index in [4.69, 9.17) is 10.5 Å². The Bertz CT molecular complexity index is 424. The van der Waals surface area contributed by atoms with E-state index in [1.807, 2.05) is 6.07 Å². The van der Waals surface area contributed by atoms with E-state index in [-0.39, 0.29) is 0 Å². The predicted octanol–water partition coefficient (Wildman–Crippen LogP) is 1.68. The Labute approximate surface area is 125 Å². The van der Waals surface area contributed by atoms with Crippen LogP contribution in [0.5, 0.6) is 0 Å². The van der Waals surface area contributed by atoms with Crippen molar-refractivity contribution in [3.63, 3.8) is 0 Å². The second-order valence-electron chi connectivity index (χ2n) is 5.25. The number of ether oxygens (including phenoxy) is 1. The van der Waals surface area contributed by atoms with Crippen LogP contribution in [0, 0.1) is 5.92 Å². The van der Waals surface area contributed by atoms with Crippen LogP contribution in [0.4, 0.5) is 5.82 Å². The Morgan fingerprint density at radius 1 is 1.40 bits per heavy atom. The molecule has 6 heteroatoms. The first-order valence-corrected chi connectivity index (χ1v) is 8.22. The fourth-order valence-electron chi connectivity index (χ4n) is 2.23. The number of hydrogen-bond acceptors (Lipinski definition) is 6. The van der Waals surface area contributed by atoms with Crippen molar-refractivity contribution in [2.45, 2.75) is 25.4 Å². The van der Waals surface area contributed by atoms with Crippen molar-refractivity contribution in [3.8, 4) is 0 Å². The number of nitrogen functional groups attached to an aromatic ring is 1. The molecular formula is C14H24N4OS. The number of nitrogens with zero attached hydrogens (tertiary/aromatic N) is 3. The number of nitrogens with two attached hydrogens (primary N) is 1. The maximum Gasteiger partial charge on any atom is 0.189 e. The van der Waals surface area contributed by atoms with Gasteiger partial charge in [-0.15, -0.1) is 0 Å². The Kier molecular flexibility index (Phi) is 6.06. The van der Waals surface area contributed by atoms with Gasteiger partial charge in [-0.05, 0) is 12.3 Å². The van der Waals surface area contributed by atoms with Gasteiger partial charge in [0.05, 0.1) is 13.2 Å². The van der Waals surface area contributed by atoms with Crippen molar-refractivity contribution in [1.82, 2.24) is 14.9 Å². The van der Waals surface area contributed by atoms with Gasteiger partial charge >= 0.3 is 0 Å². The Morgan fingerprint density at radius 2 is 2.15 bits per heavy atom. The van der Waals surface area contributed by atoms with Crippen molar-refractivity contribution in [1.29, 1.82) is 0 Å². The van der Waals surface area contributed by atoms with Crippen molar-refractivity contribution < 1.29 is 4.74 Å². The highest BCUT2D eigenvalue weighted by molar-refractivity contribution is 7.99. The summed E-state index contributed by atoms with van der Waals surface area (Å²) in [5.41, 5.74) is 6.82. The molecule has 5 nitrogen and oxygen atoms in total. The first-order valence-electron chi connectivity index (χ1n) is 7.23. The molecule has 1 aliphatic heterocycles. The lowest BCUT2D eigenvalue weighted by Gasteiger charge is -2.28. The minimum Gasteiger partial charge on any atom is -0.384 e. The first kappa shape index (κ1) is 15.5. The number of aryl methyl sites for hydroxylation is 1. The zero-order chi connectivity index (χ0) is 14.4. The first-order chi connectivity index (χ1) is 9.67. The van der Waals surface area contributed by atoms with Gasteiger partial charge in [0.15, 0.2) is 5.16 Å². The summed E-state index contributed by atoms with van der Waals surface area (Å²) in [7, 11) is 0. The lowest BCUT2D eigenvalue weighted by Crippen LogP contribution is -2.39. The maximum atomic E-state index is 5.80. The highest BCUT2D eigenvalue weighted by Gasteiger charge is 2.14. The molecule has 0 radical (unpaired) electrons. The number of morpholine rings is 1. The summed E-state index contributed by atoms with van der Waals surface area (Å²) >= 11 is 1.70. The lowest BCUT2D eigenvalue weighted by atomic mass is 10.2. The molecule has 0 saturated carbocycles. The fourth-order valence-corrected chi connectivity index (χ4v) is 3.12. The van der Waals surface area contributed by atoms with Gasteiger partial charge in [0.1, 0.15) is 5.82 Å². The van der Waals surface area contributed by atoms with Gasteiger partial charge in [-0.25, -0.2) is 9.97 Å². The van der Waals surface area contributed by atoms with Crippen LogP contribution in [-0.4, -0.2) is 53.5 Å². The third-order valence-corrected chi connectivity index (χ3v) is 4.49. The fraction of sp³-hybridized carbons (Fsp3) is 0.714. The Balaban J connectivity index is 1.80. The molecular weight excluding hydrogens is 272 g/mol. The third kappa shape index (κ3) is 4.92. The van der Waals surface area contributed by atoms with Crippen LogP contribution in [-0.2, 0) is 11.2 Å². The van der Waals surface area contributed by atoms with Crippen LogP contribution in [0.3, 0.4) is 0 Å². The van der Waals surface area contributed by atoms with E-state index in [9.17, 15) is 0 Å². The topological polar surface area (TPSA) is 64.3 Å². The molecule has 1 aliphatic rings. The smallest absolute Gasteiger partial charge is 0.189 e. The van der Waals surface area contributed by atoms with Crippen molar-refractivity contribution >= 4 is 17.6 Å². The van der Waals surface area contributed by atoms with E-state index in [1.165, 1.54) is 0 Å². The molecule has 0 spiro atoms. The maximum absolute atomic E-state index is 5.80. The summed E-state index contributed by atoms with van der Waals surface area (Å²) in [6.45, 7) is 9.27. The highest BCUT2D eigenvalue weighted by atomic mass is 32.2. The number of thioether (sulfide) groups is 1. The summed E-state index contributed by atoms with van der Waals surface area (Å²) in [6.07, 6.45) is 0.892. The predicted molar refractivity (Wildman–Crippen MR) is 83.0 cm³/mol. The summed E-state index contributed by atoms with van der Waals surface area (Å²) in [5.74, 6) is 2.19. The average Bonchev–Trinajstić information content (AvgIpc) is 2.45. The van der Waals surface area contributed by atoms with Gasteiger partial charge in [0.2, 0.25) is 0 Å². The minimum atomic E-state index is 0.570. The summed E-state index contributed by atoms with van der Waals surface area (Å²) in [5, 5.41) is 0.802. The summed E-state index contributed by atoms with van der Waals surface area (Å²) in [4.78, 5) is 11.3. The van der Waals surface area contributed by atoms with Crippen molar-refractivity contribution in [2.75, 3.05) is 44.3 Å². The molecule has 0 aromatic carbocycles. The van der Waals surface area contributed by atoms with E-state index in [0.29, 0.717) is 11.7 Å². The molecule has 1 aromatic rings. The average molecular weight is 296 g/mol. The lowest BCUT2D eigenvalue weighted by molar-refractivity contribution is 0.0331. The quantitative estimate of drug-likeness (QED) is 0.636. The number of rotatable bonds is 6. The monoisotopic (exact) mass is 296 g/mol. The SMILES string of the molecule is CCc1cc(N)nc(SCC(C)CN2CCOCC2)n1. The van der Waals surface area contributed by atoms with Gasteiger partial charge in [-0.2, -0.15) is 0 Å². The van der Waals surface area contributed by atoms with Gasteiger partial charge in [-0.3, -0.25) is 4.90 Å². The molecule has 1 saturated heterocycles. The molecule has 2 rings (SSSR count). The van der Waals surface area contributed by atoms with Crippen molar-refractivity contribution in [3.05, 3.63) is 11.8 Å². The zero-order valence-corrected chi connectivity index (χ0v) is 13.2. The van der Waals surface area contributed by atoms with Crippen LogP contribution in [0.15, 0.2) is 11.2 Å². The molecule has 1 unspecified atom stereocenters. The minimum absolute atomic E-state index is 0.570. The molecule has 0 aliphatic carbocycles. The molecule has 20 heavy (non-hydrogen) atoms. The molecule has 1 fully saturated rings. The van der Waals surface area contributed by atoms with Crippen LogP contribution >= 0.6 is 11.8 Å². The number of aromatic nitrogens is 2. The Hall–Kier alpha value is -0.850.